The summed E-state index contributed by atoms with van der Waals surface area (Å²) in [5.41, 5.74) is 6.92. The van der Waals surface area contributed by atoms with E-state index in [9.17, 15) is 4.79 Å². The summed E-state index contributed by atoms with van der Waals surface area (Å²) in [5.74, 6) is 0.555. The number of carbonyl (C=O) groups excluding carboxylic acids is 1. The second kappa shape index (κ2) is 9.92. The fourth-order valence-electron chi connectivity index (χ4n) is 1.83. The molecule has 0 saturated heterocycles. The van der Waals surface area contributed by atoms with Gasteiger partial charge in [-0.15, -0.1) is 0 Å². The summed E-state index contributed by atoms with van der Waals surface area (Å²) in [6.07, 6.45) is 3.90. The molecule has 5 heteroatoms. The Labute approximate surface area is 132 Å². The number of benzene rings is 1. The molecule has 0 aliphatic rings. The first-order valence-corrected chi connectivity index (χ1v) is 8.00. The fraction of sp³-hybridized carbons (Fsp3) is 0.588. The van der Waals surface area contributed by atoms with Crippen LogP contribution in [0.25, 0.3) is 0 Å². The molecule has 0 fully saturated rings. The smallest absolute Gasteiger partial charge is 0.338 e. The highest BCUT2D eigenvalue weighted by atomic mass is 16.5. The zero-order chi connectivity index (χ0) is 16.4. The monoisotopic (exact) mass is 309 g/mol. The fourth-order valence-corrected chi connectivity index (χ4v) is 1.83. The van der Waals surface area contributed by atoms with Crippen molar-refractivity contribution in [1.29, 1.82) is 0 Å². The van der Waals surface area contributed by atoms with Crippen LogP contribution in [0.2, 0.25) is 0 Å². The van der Waals surface area contributed by atoms with Crippen molar-refractivity contribution in [3.05, 3.63) is 17.7 Å². The van der Waals surface area contributed by atoms with Gasteiger partial charge in [0.25, 0.3) is 0 Å². The van der Waals surface area contributed by atoms with Crippen molar-refractivity contribution < 1.29 is 19.0 Å². The zero-order valence-electron chi connectivity index (χ0n) is 13.8. The highest BCUT2D eigenvalue weighted by Crippen LogP contribution is 2.34. The molecule has 0 aliphatic heterocycles. The van der Waals surface area contributed by atoms with Gasteiger partial charge in [0.05, 0.1) is 25.4 Å². The van der Waals surface area contributed by atoms with Crippen molar-refractivity contribution in [2.24, 2.45) is 0 Å². The number of hydrogen-bond acceptors (Lipinski definition) is 5. The minimum absolute atomic E-state index is 0.321. The minimum atomic E-state index is -0.400. The topological polar surface area (TPSA) is 70.8 Å². The Morgan fingerprint density at radius 1 is 1.00 bits per heavy atom. The number of esters is 1. The predicted octanol–water partition coefficient (Wildman–Crippen LogP) is 3.80. The summed E-state index contributed by atoms with van der Waals surface area (Å²) in [7, 11) is 0. The maximum atomic E-state index is 11.9. The molecule has 0 saturated carbocycles. The summed E-state index contributed by atoms with van der Waals surface area (Å²) >= 11 is 0. The highest BCUT2D eigenvalue weighted by Gasteiger charge is 2.16. The minimum Gasteiger partial charge on any atom is -0.491 e. The molecule has 2 N–H and O–H groups in total. The van der Waals surface area contributed by atoms with Crippen molar-refractivity contribution in [1.82, 2.24) is 0 Å². The van der Waals surface area contributed by atoms with Crippen LogP contribution in [0.3, 0.4) is 0 Å². The molecule has 0 bridgehead atoms. The van der Waals surface area contributed by atoms with Gasteiger partial charge in [-0.2, -0.15) is 0 Å². The van der Waals surface area contributed by atoms with E-state index in [0.29, 0.717) is 42.6 Å². The van der Waals surface area contributed by atoms with Gasteiger partial charge in [0.2, 0.25) is 0 Å². The quantitative estimate of drug-likeness (QED) is 0.404. The second-order valence-corrected chi connectivity index (χ2v) is 5.01. The van der Waals surface area contributed by atoms with Gasteiger partial charge in [-0.1, -0.05) is 26.7 Å². The first-order chi connectivity index (χ1) is 10.6. The molecule has 0 radical (unpaired) electrons. The molecular weight excluding hydrogens is 282 g/mol. The first-order valence-electron chi connectivity index (χ1n) is 8.00. The lowest BCUT2D eigenvalue weighted by atomic mass is 10.1. The average molecular weight is 309 g/mol. The van der Waals surface area contributed by atoms with E-state index in [0.717, 1.165) is 25.7 Å². The molecule has 0 aliphatic carbocycles. The van der Waals surface area contributed by atoms with Crippen LogP contribution in [0.5, 0.6) is 11.5 Å². The second-order valence-electron chi connectivity index (χ2n) is 5.01. The number of ether oxygens (including phenoxy) is 3. The van der Waals surface area contributed by atoms with E-state index in [1.165, 1.54) is 0 Å². The lowest BCUT2D eigenvalue weighted by molar-refractivity contribution is 0.0525. The van der Waals surface area contributed by atoms with Gasteiger partial charge < -0.3 is 19.9 Å². The molecule has 124 valence electrons. The predicted molar refractivity (Wildman–Crippen MR) is 87.6 cm³/mol. The molecule has 0 atom stereocenters. The molecule has 0 spiro atoms. The van der Waals surface area contributed by atoms with E-state index in [2.05, 4.69) is 13.8 Å². The number of rotatable bonds is 10. The standard InChI is InChI=1S/C17H27NO4/c1-4-7-9-21-14-11-13(17(19)20-6-3)12-15(16(14)18)22-10-8-5-2/h11-12H,4-10,18H2,1-3H3. The lowest BCUT2D eigenvalue weighted by Crippen LogP contribution is -2.09. The molecule has 0 aromatic heterocycles. The third-order valence-corrected chi connectivity index (χ3v) is 3.13. The van der Waals surface area contributed by atoms with E-state index >= 15 is 0 Å². The summed E-state index contributed by atoms with van der Waals surface area (Å²) in [6.45, 7) is 7.37. The van der Waals surface area contributed by atoms with Crippen LogP contribution in [0.15, 0.2) is 12.1 Å². The summed E-state index contributed by atoms with van der Waals surface area (Å²) in [6, 6.07) is 3.24. The Bertz CT molecular complexity index is 443. The van der Waals surface area contributed by atoms with Gasteiger partial charge in [-0.05, 0) is 31.9 Å². The van der Waals surface area contributed by atoms with Crippen molar-refractivity contribution in [3.8, 4) is 11.5 Å². The molecule has 0 amide bonds. The number of hydrogen-bond donors (Lipinski definition) is 1. The molecular formula is C17H27NO4. The average Bonchev–Trinajstić information content (AvgIpc) is 2.51. The third-order valence-electron chi connectivity index (χ3n) is 3.13. The Morgan fingerprint density at radius 2 is 1.50 bits per heavy atom. The Kier molecular flexibility index (Phi) is 8.18. The van der Waals surface area contributed by atoms with Crippen molar-refractivity contribution in [2.75, 3.05) is 25.6 Å². The van der Waals surface area contributed by atoms with Crippen LogP contribution in [0.1, 0.15) is 56.8 Å². The van der Waals surface area contributed by atoms with Crippen molar-refractivity contribution in [2.45, 2.75) is 46.5 Å². The Morgan fingerprint density at radius 3 is 1.91 bits per heavy atom. The van der Waals surface area contributed by atoms with Crippen LogP contribution >= 0.6 is 0 Å². The molecule has 1 aromatic carbocycles. The normalized spacial score (nSPS) is 10.3. The van der Waals surface area contributed by atoms with E-state index in [1.807, 2.05) is 0 Å². The summed E-state index contributed by atoms with van der Waals surface area (Å²) in [4.78, 5) is 11.9. The number of anilines is 1. The lowest BCUT2D eigenvalue weighted by Gasteiger charge is -2.15. The van der Waals surface area contributed by atoms with E-state index in [1.54, 1.807) is 19.1 Å². The van der Waals surface area contributed by atoms with Crippen LogP contribution in [0.4, 0.5) is 5.69 Å². The van der Waals surface area contributed by atoms with Crippen molar-refractivity contribution >= 4 is 11.7 Å². The van der Waals surface area contributed by atoms with Crippen LogP contribution in [0, 0.1) is 0 Å². The Hall–Kier alpha value is -1.91. The largest absolute Gasteiger partial charge is 0.491 e. The maximum Gasteiger partial charge on any atom is 0.338 e. The van der Waals surface area contributed by atoms with E-state index in [-0.39, 0.29) is 0 Å². The molecule has 22 heavy (non-hydrogen) atoms. The van der Waals surface area contributed by atoms with E-state index < -0.39 is 5.97 Å². The first kappa shape index (κ1) is 18.1. The molecule has 0 heterocycles. The van der Waals surface area contributed by atoms with Crippen LogP contribution in [-0.2, 0) is 4.74 Å². The molecule has 5 nitrogen and oxygen atoms in total. The maximum absolute atomic E-state index is 11.9. The van der Waals surface area contributed by atoms with Crippen LogP contribution < -0.4 is 15.2 Å². The van der Waals surface area contributed by atoms with Gasteiger partial charge in [-0.3, -0.25) is 0 Å². The molecule has 1 aromatic rings. The number of nitrogens with two attached hydrogens (primary N) is 1. The number of nitrogen functional groups attached to an aromatic ring is 1. The molecule has 0 unspecified atom stereocenters. The van der Waals surface area contributed by atoms with Gasteiger partial charge in [-0.25, -0.2) is 4.79 Å². The van der Waals surface area contributed by atoms with Gasteiger partial charge >= 0.3 is 5.97 Å². The van der Waals surface area contributed by atoms with Gasteiger partial charge in [0.15, 0.2) is 0 Å². The van der Waals surface area contributed by atoms with Gasteiger partial charge in [0, 0.05) is 0 Å². The van der Waals surface area contributed by atoms with Gasteiger partial charge in [0.1, 0.15) is 17.2 Å². The summed E-state index contributed by atoms with van der Waals surface area (Å²) < 4.78 is 16.4. The van der Waals surface area contributed by atoms with Crippen LogP contribution in [-0.4, -0.2) is 25.8 Å². The zero-order valence-corrected chi connectivity index (χ0v) is 13.8. The highest BCUT2D eigenvalue weighted by molar-refractivity contribution is 5.92. The number of unbranched alkanes of at least 4 members (excludes halogenated alkanes) is 2. The third kappa shape index (κ3) is 5.47. The van der Waals surface area contributed by atoms with Crippen molar-refractivity contribution in [3.63, 3.8) is 0 Å². The Balaban J connectivity index is 2.98. The SMILES string of the molecule is CCCCOc1cc(C(=O)OCC)cc(OCCCC)c1N. The summed E-state index contributed by atoms with van der Waals surface area (Å²) in [5, 5.41) is 0. The van der Waals surface area contributed by atoms with E-state index in [4.69, 9.17) is 19.9 Å². The number of carbonyl (C=O) groups is 1. The molecule has 1 rings (SSSR count).